The Hall–Kier alpha value is -3.67. The van der Waals surface area contributed by atoms with Gasteiger partial charge in [0.2, 0.25) is 0 Å². The summed E-state index contributed by atoms with van der Waals surface area (Å²) in [7, 11) is -1.15. The molecule has 0 fully saturated rings. The van der Waals surface area contributed by atoms with Gasteiger partial charge in [-0.1, -0.05) is 12.1 Å². The first kappa shape index (κ1) is 30.3. The van der Waals surface area contributed by atoms with Crippen LogP contribution in [-0.4, -0.2) is 46.6 Å². The second-order valence-electron chi connectivity index (χ2n) is 10.6. The van der Waals surface area contributed by atoms with Gasteiger partial charge >= 0.3 is 16.3 Å². The molecule has 0 saturated heterocycles. The summed E-state index contributed by atoms with van der Waals surface area (Å²) in [6, 6.07) is 12.3. The molecule has 0 spiro atoms. The number of methoxy groups -OCH3 is 1. The molecule has 3 aromatic rings. The van der Waals surface area contributed by atoms with Crippen molar-refractivity contribution in [3.05, 3.63) is 65.5 Å². The SMILES string of the molecule is COc1cc(OS(=O)(=O)CCC(F)(F)F)ccc1-c1ccc2c(c1COc1cc(F)ccc1C)N(C)CC(C)(C)N2. The molecule has 1 N–H and O–H groups in total. The van der Waals surface area contributed by atoms with E-state index in [9.17, 15) is 26.0 Å². The summed E-state index contributed by atoms with van der Waals surface area (Å²) in [4.78, 5) is 2.10. The Morgan fingerprint density at radius 3 is 2.41 bits per heavy atom. The van der Waals surface area contributed by atoms with Gasteiger partial charge < -0.3 is 23.9 Å². The molecule has 0 atom stereocenters. The van der Waals surface area contributed by atoms with Gasteiger partial charge in [0, 0.05) is 42.4 Å². The van der Waals surface area contributed by atoms with E-state index < -0.39 is 34.3 Å². The van der Waals surface area contributed by atoms with Crippen LogP contribution in [0.15, 0.2) is 48.5 Å². The van der Waals surface area contributed by atoms with Gasteiger partial charge in [0.1, 0.15) is 29.7 Å². The number of hydrogen-bond acceptors (Lipinski definition) is 7. The molecule has 7 nitrogen and oxygen atoms in total. The number of anilines is 2. The van der Waals surface area contributed by atoms with Crippen LogP contribution < -0.4 is 23.9 Å². The van der Waals surface area contributed by atoms with Crippen molar-refractivity contribution in [3.63, 3.8) is 0 Å². The number of aryl methyl sites for hydroxylation is 1. The minimum atomic E-state index is -4.63. The normalized spacial score (nSPS) is 14.7. The Morgan fingerprint density at radius 1 is 1.02 bits per heavy atom. The summed E-state index contributed by atoms with van der Waals surface area (Å²) in [5.74, 6) is -1.19. The molecule has 4 rings (SSSR count). The van der Waals surface area contributed by atoms with E-state index in [2.05, 4.69) is 24.1 Å². The van der Waals surface area contributed by atoms with Crippen LogP contribution in [0, 0.1) is 12.7 Å². The van der Waals surface area contributed by atoms with E-state index in [1.165, 1.54) is 31.4 Å². The van der Waals surface area contributed by atoms with E-state index >= 15 is 0 Å². The van der Waals surface area contributed by atoms with E-state index in [-0.39, 0.29) is 23.6 Å². The fourth-order valence-electron chi connectivity index (χ4n) is 4.90. The average molecular weight is 597 g/mol. The van der Waals surface area contributed by atoms with E-state index in [0.717, 1.165) is 22.5 Å². The average Bonchev–Trinajstić information content (AvgIpc) is 2.86. The minimum Gasteiger partial charge on any atom is -0.496 e. The summed E-state index contributed by atoms with van der Waals surface area (Å²) in [5.41, 5.74) is 4.33. The molecule has 0 aliphatic carbocycles. The van der Waals surface area contributed by atoms with Crippen molar-refractivity contribution in [1.29, 1.82) is 0 Å². The van der Waals surface area contributed by atoms with Gasteiger partial charge in [-0.3, -0.25) is 0 Å². The summed E-state index contributed by atoms with van der Waals surface area (Å²) in [5, 5.41) is 3.54. The van der Waals surface area contributed by atoms with Crippen LogP contribution in [-0.2, 0) is 16.7 Å². The molecule has 0 bridgehead atoms. The number of fused-ring (bicyclic) bond motifs is 1. The zero-order chi connectivity index (χ0) is 30.2. The first-order chi connectivity index (χ1) is 19.1. The molecule has 222 valence electrons. The molecule has 0 radical (unpaired) electrons. The summed E-state index contributed by atoms with van der Waals surface area (Å²) in [6.45, 7) is 6.72. The molecule has 1 aliphatic rings. The van der Waals surface area contributed by atoms with Gasteiger partial charge in [-0.05, 0) is 56.2 Å². The molecular weight excluding hydrogens is 564 g/mol. The molecule has 0 amide bonds. The Morgan fingerprint density at radius 2 is 1.73 bits per heavy atom. The van der Waals surface area contributed by atoms with Gasteiger partial charge in [-0.15, -0.1) is 0 Å². The second-order valence-corrected chi connectivity index (χ2v) is 12.3. The lowest BCUT2D eigenvalue weighted by atomic mass is 9.92. The zero-order valence-electron chi connectivity index (χ0n) is 23.4. The fraction of sp³-hybridized carbons (Fsp3) is 0.379. The number of likely N-dealkylation sites (N-methyl/N-ethyl adjacent to an activating group) is 1. The van der Waals surface area contributed by atoms with Gasteiger partial charge in [-0.25, -0.2) is 4.39 Å². The Balaban J connectivity index is 1.75. The number of nitrogens with one attached hydrogen (secondary N) is 1. The molecule has 0 aromatic heterocycles. The Kier molecular flexibility index (Phi) is 8.35. The van der Waals surface area contributed by atoms with Crippen molar-refractivity contribution < 1.29 is 39.6 Å². The van der Waals surface area contributed by atoms with E-state index in [4.69, 9.17) is 13.7 Å². The maximum atomic E-state index is 14.0. The minimum absolute atomic E-state index is 0.0719. The lowest BCUT2D eigenvalue weighted by Crippen LogP contribution is -2.47. The van der Waals surface area contributed by atoms with Crippen LogP contribution in [0.2, 0.25) is 0 Å². The first-order valence-electron chi connectivity index (χ1n) is 12.8. The van der Waals surface area contributed by atoms with Crippen molar-refractivity contribution in [2.75, 3.05) is 36.7 Å². The molecule has 1 aliphatic heterocycles. The highest BCUT2D eigenvalue weighted by Crippen LogP contribution is 2.44. The van der Waals surface area contributed by atoms with Crippen LogP contribution in [0.5, 0.6) is 17.2 Å². The number of alkyl halides is 3. The van der Waals surface area contributed by atoms with Gasteiger partial charge in [0.05, 0.1) is 30.7 Å². The molecular formula is C29H32F4N2O5S. The highest BCUT2D eigenvalue weighted by Gasteiger charge is 2.32. The Labute approximate surface area is 237 Å². The zero-order valence-corrected chi connectivity index (χ0v) is 24.2. The summed E-state index contributed by atoms with van der Waals surface area (Å²) < 4.78 is 92.5. The van der Waals surface area contributed by atoms with Gasteiger partial charge in [0.15, 0.2) is 0 Å². The lowest BCUT2D eigenvalue weighted by molar-refractivity contribution is -0.130. The van der Waals surface area contributed by atoms with Crippen LogP contribution in [0.25, 0.3) is 11.1 Å². The third-order valence-electron chi connectivity index (χ3n) is 6.61. The van der Waals surface area contributed by atoms with Crippen molar-refractivity contribution in [3.8, 4) is 28.4 Å². The number of benzene rings is 3. The van der Waals surface area contributed by atoms with Crippen molar-refractivity contribution in [2.45, 2.75) is 45.5 Å². The maximum absolute atomic E-state index is 14.0. The molecule has 1 heterocycles. The van der Waals surface area contributed by atoms with Crippen molar-refractivity contribution in [2.24, 2.45) is 0 Å². The predicted octanol–water partition coefficient (Wildman–Crippen LogP) is 6.69. The maximum Gasteiger partial charge on any atom is 0.390 e. The van der Waals surface area contributed by atoms with E-state index in [0.29, 0.717) is 23.4 Å². The molecule has 0 saturated carbocycles. The molecule has 41 heavy (non-hydrogen) atoms. The summed E-state index contributed by atoms with van der Waals surface area (Å²) >= 11 is 0. The van der Waals surface area contributed by atoms with Crippen LogP contribution in [0.3, 0.4) is 0 Å². The van der Waals surface area contributed by atoms with Gasteiger partial charge in [0.25, 0.3) is 0 Å². The van der Waals surface area contributed by atoms with Crippen molar-refractivity contribution >= 4 is 21.5 Å². The monoisotopic (exact) mass is 596 g/mol. The van der Waals surface area contributed by atoms with Crippen LogP contribution >= 0.6 is 0 Å². The molecule has 12 heteroatoms. The fourth-order valence-corrected chi connectivity index (χ4v) is 5.86. The highest BCUT2D eigenvalue weighted by atomic mass is 32.2. The topological polar surface area (TPSA) is 77.1 Å². The first-order valence-corrected chi connectivity index (χ1v) is 14.4. The quantitative estimate of drug-likeness (QED) is 0.218. The molecule has 3 aromatic carbocycles. The number of ether oxygens (including phenoxy) is 2. The second kappa shape index (κ2) is 11.3. The number of hydrogen-bond donors (Lipinski definition) is 1. The smallest absolute Gasteiger partial charge is 0.390 e. The largest absolute Gasteiger partial charge is 0.496 e. The summed E-state index contributed by atoms with van der Waals surface area (Å²) in [6.07, 6.45) is -6.16. The van der Waals surface area contributed by atoms with Crippen LogP contribution in [0.4, 0.5) is 28.9 Å². The lowest BCUT2D eigenvalue weighted by Gasteiger charge is -2.41. The van der Waals surface area contributed by atoms with Gasteiger partial charge in [-0.2, -0.15) is 21.6 Å². The van der Waals surface area contributed by atoms with Crippen LogP contribution in [0.1, 0.15) is 31.4 Å². The number of halogens is 4. The van der Waals surface area contributed by atoms with E-state index in [1.807, 2.05) is 26.1 Å². The predicted molar refractivity (Wildman–Crippen MR) is 150 cm³/mol. The third kappa shape index (κ3) is 7.35. The standard InChI is InChI=1S/C29H32F4N2O5S/c1-18-6-7-19(30)14-25(18)39-16-23-21(10-11-24-27(23)35(4)17-28(2,3)34-24)22-9-8-20(15-26(22)38-5)40-41(36,37)13-12-29(31,32)33/h6-11,14-15,34H,12-13,16-17H2,1-5H3. The van der Waals surface area contributed by atoms with E-state index in [1.54, 1.807) is 12.1 Å². The van der Waals surface area contributed by atoms with Crippen molar-refractivity contribution in [1.82, 2.24) is 0 Å². The third-order valence-corrected chi connectivity index (χ3v) is 7.76. The highest BCUT2D eigenvalue weighted by molar-refractivity contribution is 7.87. The Bertz CT molecular complexity index is 1540. The molecule has 0 unspecified atom stereocenters. The number of nitrogens with zero attached hydrogens (tertiary/aromatic N) is 1. The number of rotatable bonds is 9.